The molecule has 11 heteroatoms. The Morgan fingerprint density at radius 1 is 0.604 bits per heavy atom. The van der Waals surface area contributed by atoms with Crippen LogP contribution >= 0.6 is 0 Å². The molecule has 0 atom stereocenters. The summed E-state index contributed by atoms with van der Waals surface area (Å²) >= 11 is 0. The predicted molar refractivity (Wildman–Crippen MR) is 188 cm³/mol. The largest absolute Gasteiger partial charge is 0.493 e. The molecule has 11 nitrogen and oxygen atoms in total. The summed E-state index contributed by atoms with van der Waals surface area (Å²) in [7, 11) is 0. The number of nitro groups is 1. The van der Waals surface area contributed by atoms with Crippen LogP contribution in [0.3, 0.4) is 0 Å². The molecule has 0 saturated heterocycles. The molecular weight excluding hydrogens is 616 g/mol. The number of benzene rings is 2. The van der Waals surface area contributed by atoms with Crippen molar-refractivity contribution in [2.24, 2.45) is 0 Å². The molecule has 2 N–H and O–H groups in total. The van der Waals surface area contributed by atoms with E-state index in [4.69, 9.17) is 14.2 Å². The number of nitrogens with zero attached hydrogens (tertiary/aromatic N) is 2. The molecule has 0 radical (unpaired) electrons. The molecule has 0 aliphatic rings. The third-order valence-electron chi connectivity index (χ3n) is 8.02. The van der Waals surface area contributed by atoms with Crippen LogP contribution in [0.5, 0.6) is 17.2 Å². The molecule has 0 aliphatic carbocycles. The number of rotatable bonds is 30. The summed E-state index contributed by atoms with van der Waals surface area (Å²) in [4.78, 5) is 34.5. The van der Waals surface area contributed by atoms with E-state index < -0.39 is 30.0 Å². The van der Waals surface area contributed by atoms with E-state index in [2.05, 4.69) is 6.92 Å². The fourth-order valence-corrected chi connectivity index (χ4v) is 5.41. The molecule has 0 bridgehead atoms. The zero-order chi connectivity index (χ0) is 34.8. The number of carbonyl (C=O) groups is 2. The summed E-state index contributed by atoms with van der Waals surface area (Å²) in [6.45, 7) is 2.35. The third-order valence-corrected chi connectivity index (χ3v) is 8.02. The number of aliphatic carboxylic acids is 2. The molecule has 2 aromatic carbocycles. The zero-order valence-electron chi connectivity index (χ0n) is 28.7. The summed E-state index contributed by atoms with van der Waals surface area (Å²) in [6, 6.07) is 10.8. The van der Waals surface area contributed by atoms with Crippen molar-refractivity contribution in [2.75, 3.05) is 37.8 Å². The van der Waals surface area contributed by atoms with Crippen molar-refractivity contribution < 1.29 is 38.9 Å². The Bertz CT molecular complexity index is 1170. The Kier molecular flexibility index (Phi) is 21.0. The van der Waals surface area contributed by atoms with Gasteiger partial charge in [0.25, 0.3) is 5.69 Å². The number of nitro benzene ring substituents is 1. The second kappa shape index (κ2) is 25.1. The maximum absolute atomic E-state index is 11.4. The lowest BCUT2D eigenvalue weighted by Gasteiger charge is -2.22. The number of carboxylic acids is 2. The molecular formula is C37H56N2O9. The summed E-state index contributed by atoms with van der Waals surface area (Å²) < 4.78 is 17.5. The van der Waals surface area contributed by atoms with E-state index in [1.54, 1.807) is 18.2 Å². The van der Waals surface area contributed by atoms with Crippen molar-refractivity contribution >= 4 is 23.3 Å². The molecule has 0 saturated carbocycles. The first kappa shape index (κ1) is 40.2. The number of ether oxygens (including phenoxy) is 3. The Morgan fingerprint density at radius 3 is 1.42 bits per heavy atom. The van der Waals surface area contributed by atoms with Gasteiger partial charge in [0.05, 0.1) is 24.7 Å². The van der Waals surface area contributed by atoms with Gasteiger partial charge in [-0.25, -0.2) is 0 Å². The van der Waals surface area contributed by atoms with Gasteiger partial charge in [-0.1, -0.05) is 103 Å². The monoisotopic (exact) mass is 672 g/mol. The second-order valence-corrected chi connectivity index (χ2v) is 12.3. The minimum absolute atomic E-state index is 0.0155. The van der Waals surface area contributed by atoms with Crippen LogP contribution in [0.1, 0.15) is 116 Å². The minimum Gasteiger partial charge on any atom is -0.493 e. The SMILES string of the molecule is CCCCCCCCCCCCCCCCCCOc1cc(OCCCOc2ccc([N+](=O)[O-])cc2)cc(N(CC(=O)O)CC(=O)O)c1. The number of non-ortho nitro benzene ring substituents is 1. The van der Waals surface area contributed by atoms with Gasteiger partial charge in [0, 0.05) is 42.4 Å². The summed E-state index contributed by atoms with van der Waals surface area (Å²) in [5, 5.41) is 29.5. The minimum atomic E-state index is -1.15. The van der Waals surface area contributed by atoms with Gasteiger partial charge in [-0.2, -0.15) is 0 Å². The molecule has 268 valence electrons. The Labute approximate surface area is 285 Å². The van der Waals surface area contributed by atoms with E-state index in [-0.39, 0.29) is 12.3 Å². The number of carboxylic acid groups (broad SMARTS) is 2. The van der Waals surface area contributed by atoms with Gasteiger partial charge in [0.1, 0.15) is 30.3 Å². The van der Waals surface area contributed by atoms with Gasteiger partial charge in [-0.15, -0.1) is 0 Å². The molecule has 2 aromatic rings. The smallest absolute Gasteiger partial charge is 0.323 e. The highest BCUT2D eigenvalue weighted by Crippen LogP contribution is 2.29. The molecule has 0 heterocycles. The molecule has 48 heavy (non-hydrogen) atoms. The van der Waals surface area contributed by atoms with Crippen molar-refractivity contribution in [1.82, 2.24) is 0 Å². The maximum Gasteiger partial charge on any atom is 0.323 e. The number of anilines is 1. The van der Waals surface area contributed by atoms with Crippen LogP contribution in [0, 0.1) is 10.1 Å². The quantitative estimate of drug-likeness (QED) is 0.0467. The van der Waals surface area contributed by atoms with E-state index in [0.717, 1.165) is 19.3 Å². The zero-order valence-corrected chi connectivity index (χ0v) is 28.7. The first-order valence-electron chi connectivity index (χ1n) is 17.7. The number of hydrogen-bond donors (Lipinski definition) is 2. The fourth-order valence-electron chi connectivity index (χ4n) is 5.41. The van der Waals surface area contributed by atoms with E-state index in [9.17, 15) is 29.9 Å². The van der Waals surface area contributed by atoms with Crippen LogP contribution in [0.4, 0.5) is 11.4 Å². The average Bonchev–Trinajstić information content (AvgIpc) is 3.05. The van der Waals surface area contributed by atoms with Crippen LogP contribution in [0.15, 0.2) is 42.5 Å². The van der Waals surface area contributed by atoms with Gasteiger partial charge < -0.3 is 29.3 Å². The third kappa shape index (κ3) is 19.0. The number of unbranched alkanes of at least 4 members (excludes halogenated alkanes) is 15. The van der Waals surface area contributed by atoms with Crippen molar-refractivity contribution in [2.45, 2.75) is 116 Å². The normalized spacial score (nSPS) is 10.9. The predicted octanol–water partition coefficient (Wildman–Crippen LogP) is 9.06. The average molecular weight is 673 g/mol. The second-order valence-electron chi connectivity index (χ2n) is 12.3. The van der Waals surface area contributed by atoms with Crippen LogP contribution in [-0.4, -0.2) is 60.0 Å². The molecule has 2 rings (SSSR count). The molecule has 0 aromatic heterocycles. The van der Waals surface area contributed by atoms with E-state index in [0.29, 0.717) is 42.6 Å². The van der Waals surface area contributed by atoms with Crippen molar-refractivity contribution in [3.63, 3.8) is 0 Å². The van der Waals surface area contributed by atoms with E-state index in [1.807, 2.05) is 0 Å². The highest BCUT2D eigenvalue weighted by Gasteiger charge is 2.17. The first-order valence-corrected chi connectivity index (χ1v) is 17.7. The highest BCUT2D eigenvalue weighted by molar-refractivity contribution is 5.80. The summed E-state index contributed by atoms with van der Waals surface area (Å²) in [5.74, 6) is -0.898. The molecule has 0 amide bonds. The van der Waals surface area contributed by atoms with Gasteiger partial charge >= 0.3 is 11.9 Å². The van der Waals surface area contributed by atoms with Gasteiger partial charge in [0.15, 0.2) is 0 Å². The van der Waals surface area contributed by atoms with Gasteiger partial charge in [-0.05, 0) is 18.6 Å². The molecule has 0 unspecified atom stereocenters. The van der Waals surface area contributed by atoms with Gasteiger partial charge in [-0.3, -0.25) is 19.7 Å². The Morgan fingerprint density at radius 2 is 1.00 bits per heavy atom. The van der Waals surface area contributed by atoms with Crippen LogP contribution in [0.25, 0.3) is 0 Å². The fraction of sp³-hybridized carbons (Fsp3) is 0.622. The standard InChI is InChI=1S/C37H56N2O9/c1-2-3-4-5-6-7-8-9-10-11-12-13-14-15-16-17-23-47-34-26-32(38(29-36(40)41)30-37(42)43)27-35(28-34)48-25-18-24-46-33-21-19-31(20-22-33)39(44)45/h19-22,26-28H,2-18,23-25,29-30H2,1H3,(H,40,41)(H,42,43). The Hall–Kier alpha value is -4.02. The lowest BCUT2D eigenvalue weighted by atomic mass is 10.0. The maximum atomic E-state index is 11.4. The lowest BCUT2D eigenvalue weighted by molar-refractivity contribution is -0.384. The van der Waals surface area contributed by atoms with Crippen LogP contribution < -0.4 is 19.1 Å². The summed E-state index contributed by atoms with van der Waals surface area (Å²) in [5.41, 5.74) is 0.361. The van der Waals surface area contributed by atoms with Crippen molar-refractivity contribution in [3.8, 4) is 17.2 Å². The van der Waals surface area contributed by atoms with Crippen LogP contribution in [-0.2, 0) is 9.59 Å². The topological polar surface area (TPSA) is 149 Å². The Balaban J connectivity index is 1.74. The molecule has 0 fully saturated rings. The lowest BCUT2D eigenvalue weighted by Crippen LogP contribution is -2.34. The number of hydrogen-bond acceptors (Lipinski definition) is 8. The van der Waals surface area contributed by atoms with Crippen LogP contribution in [0.2, 0.25) is 0 Å². The van der Waals surface area contributed by atoms with E-state index >= 15 is 0 Å². The van der Waals surface area contributed by atoms with Crippen molar-refractivity contribution in [1.29, 1.82) is 0 Å². The van der Waals surface area contributed by atoms with E-state index in [1.165, 1.54) is 113 Å². The summed E-state index contributed by atoms with van der Waals surface area (Å²) in [6.07, 6.45) is 21.0. The molecule has 0 aliphatic heterocycles. The molecule has 0 spiro atoms. The van der Waals surface area contributed by atoms with Crippen molar-refractivity contribution in [3.05, 3.63) is 52.6 Å². The first-order chi connectivity index (χ1) is 23.3. The van der Waals surface area contributed by atoms with Gasteiger partial charge in [0.2, 0.25) is 0 Å². The highest BCUT2D eigenvalue weighted by atomic mass is 16.6.